The highest BCUT2D eigenvalue weighted by atomic mass is 35.5. The lowest BCUT2D eigenvalue weighted by Crippen LogP contribution is -2.29. The molecule has 1 aliphatic rings. The van der Waals surface area contributed by atoms with E-state index in [2.05, 4.69) is 6.58 Å². The highest BCUT2D eigenvalue weighted by Gasteiger charge is 2.42. The van der Waals surface area contributed by atoms with Gasteiger partial charge >= 0.3 is 0 Å². The Bertz CT molecular complexity index is 1200. The summed E-state index contributed by atoms with van der Waals surface area (Å²) in [6.07, 6.45) is 2.55. The molecule has 0 saturated carbocycles. The van der Waals surface area contributed by atoms with Gasteiger partial charge in [0.1, 0.15) is 11.3 Å². The first-order valence-corrected chi connectivity index (χ1v) is 10.3. The van der Waals surface area contributed by atoms with E-state index in [-0.39, 0.29) is 23.6 Å². The number of aryl methyl sites for hydroxylation is 1. The first-order chi connectivity index (χ1) is 14.5. The summed E-state index contributed by atoms with van der Waals surface area (Å²) in [6.45, 7) is 8.54. The summed E-state index contributed by atoms with van der Waals surface area (Å²) >= 11 is 6.25. The Morgan fingerprint density at radius 1 is 1.23 bits per heavy atom. The van der Waals surface area contributed by atoms with Crippen LogP contribution in [0.3, 0.4) is 0 Å². The number of nitrogens with zero attached hydrogens (tertiary/aromatic N) is 1. The lowest BCUT2D eigenvalue weighted by Gasteiger charge is -2.23. The standard InChI is InChI=1S/C24H22ClNO4/c1-4-10-26-21(15-6-8-16(9-7-15)29-11-5-2)20-22(27)17-13-18(25)14(3)12-19(17)30-23(20)24(26)28/h4,6-9,12-13,21H,1,5,10-11H2,2-3H3. The predicted octanol–water partition coefficient (Wildman–Crippen LogP) is 5.27. The highest BCUT2D eigenvalue weighted by Crippen LogP contribution is 2.39. The van der Waals surface area contributed by atoms with Gasteiger partial charge in [-0.25, -0.2) is 0 Å². The van der Waals surface area contributed by atoms with Gasteiger partial charge in [0.15, 0.2) is 5.43 Å². The fourth-order valence-corrected chi connectivity index (χ4v) is 3.94. The van der Waals surface area contributed by atoms with Crippen molar-refractivity contribution in [3.05, 3.63) is 86.7 Å². The van der Waals surface area contributed by atoms with Crippen molar-refractivity contribution in [1.82, 2.24) is 4.90 Å². The molecule has 0 radical (unpaired) electrons. The molecule has 0 bridgehead atoms. The van der Waals surface area contributed by atoms with Crippen molar-refractivity contribution in [3.8, 4) is 5.75 Å². The first-order valence-electron chi connectivity index (χ1n) is 9.87. The third kappa shape index (κ3) is 3.29. The molecule has 5 nitrogen and oxygen atoms in total. The quantitative estimate of drug-likeness (QED) is 0.506. The van der Waals surface area contributed by atoms with Crippen LogP contribution in [0.25, 0.3) is 11.0 Å². The monoisotopic (exact) mass is 423 g/mol. The molecule has 0 fully saturated rings. The van der Waals surface area contributed by atoms with E-state index in [1.165, 1.54) is 0 Å². The lowest BCUT2D eigenvalue weighted by atomic mass is 9.98. The maximum Gasteiger partial charge on any atom is 0.291 e. The van der Waals surface area contributed by atoms with Gasteiger partial charge < -0.3 is 14.1 Å². The van der Waals surface area contributed by atoms with E-state index in [4.69, 9.17) is 20.8 Å². The number of halogens is 1. The van der Waals surface area contributed by atoms with E-state index < -0.39 is 6.04 Å². The molecule has 0 N–H and O–H groups in total. The second kappa shape index (κ2) is 8.00. The summed E-state index contributed by atoms with van der Waals surface area (Å²) in [5, 5.41) is 0.849. The van der Waals surface area contributed by atoms with Crippen molar-refractivity contribution in [2.45, 2.75) is 26.3 Å². The summed E-state index contributed by atoms with van der Waals surface area (Å²) in [7, 11) is 0. The van der Waals surface area contributed by atoms with Crippen LogP contribution in [0.15, 0.2) is 58.3 Å². The fraction of sp³-hybridized carbons (Fsp3) is 0.250. The highest BCUT2D eigenvalue weighted by molar-refractivity contribution is 6.32. The molecule has 4 rings (SSSR count). The molecule has 0 spiro atoms. The normalized spacial score (nSPS) is 15.5. The summed E-state index contributed by atoms with van der Waals surface area (Å²) in [5.74, 6) is 0.494. The van der Waals surface area contributed by atoms with Crippen molar-refractivity contribution in [2.75, 3.05) is 13.2 Å². The first kappa shape index (κ1) is 20.2. The zero-order valence-electron chi connectivity index (χ0n) is 16.9. The summed E-state index contributed by atoms with van der Waals surface area (Å²) < 4.78 is 11.6. The predicted molar refractivity (Wildman–Crippen MR) is 118 cm³/mol. The van der Waals surface area contributed by atoms with Gasteiger partial charge in [-0.3, -0.25) is 9.59 Å². The summed E-state index contributed by atoms with van der Waals surface area (Å²) in [6, 6.07) is 10.2. The zero-order chi connectivity index (χ0) is 21.4. The van der Waals surface area contributed by atoms with E-state index >= 15 is 0 Å². The van der Waals surface area contributed by atoms with E-state index in [9.17, 15) is 9.59 Å². The second-order valence-corrected chi connectivity index (χ2v) is 7.74. The zero-order valence-corrected chi connectivity index (χ0v) is 17.7. The fourth-order valence-electron chi connectivity index (χ4n) is 3.78. The largest absolute Gasteiger partial charge is 0.494 e. The number of ether oxygens (including phenoxy) is 1. The average molecular weight is 424 g/mol. The topological polar surface area (TPSA) is 59.8 Å². The molecule has 1 unspecified atom stereocenters. The maximum absolute atomic E-state index is 13.4. The van der Waals surface area contributed by atoms with Crippen LogP contribution in [-0.4, -0.2) is 24.0 Å². The van der Waals surface area contributed by atoms with Crippen molar-refractivity contribution >= 4 is 28.5 Å². The van der Waals surface area contributed by atoms with Crippen molar-refractivity contribution in [3.63, 3.8) is 0 Å². The van der Waals surface area contributed by atoms with Gasteiger partial charge in [0.25, 0.3) is 5.91 Å². The Morgan fingerprint density at radius 3 is 2.63 bits per heavy atom. The van der Waals surface area contributed by atoms with E-state index in [1.807, 2.05) is 38.1 Å². The minimum Gasteiger partial charge on any atom is -0.494 e. The van der Waals surface area contributed by atoms with Crippen LogP contribution in [-0.2, 0) is 0 Å². The van der Waals surface area contributed by atoms with Gasteiger partial charge in [-0.15, -0.1) is 6.58 Å². The van der Waals surface area contributed by atoms with Crippen LogP contribution in [0.1, 0.15) is 46.6 Å². The number of benzene rings is 2. The smallest absolute Gasteiger partial charge is 0.291 e. The van der Waals surface area contributed by atoms with Gasteiger partial charge in [-0.1, -0.05) is 36.7 Å². The molecular formula is C24H22ClNO4. The molecule has 1 amide bonds. The van der Waals surface area contributed by atoms with Gasteiger partial charge in [0.05, 0.1) is 23.6 Å². The van der Waals surface area contributed by atoms with Crippen molar-refractivity contribution in [1.29, 1.82) is 0 Å². The molecule has 3 aromatic rings. The number of hydrogen-bond donors (Lipinski definition) is 0. The van der Waals surface area contributed by atoms with Crippen LogP contribution in [0.5, 0.6) is 5.75 Å². The molecule has 1 aromatic heterocycles. The second-order valence-electron chi connectivity index (χ2n) is 7.34. The van der Waals surface area contributed by atoms with E-state index in [0.29, 0.717) is 28.2 Å². The molecule has 0 saturated heterocycles. The number of fused-ring (bicyclic) bond motifs is 2. The average Bonchev–Trinajstić information content (AvgIpc) is 3.01. The molecule has 2 heterocycles. The van der Waals surface area contributed by atoms with Crippen molar-refractivity contribution < 1.29 is 13.9 Å². The Labute approximate surface area is 179 Å². The molecule has 6 heteroatoms. The van der Waals surface area contributed by atoms with Gasteiger partial charge in [-0.2, -0.15) is 0 Å². The molecule has 30 heavy (non-hydrogen) atoms. The molecular weight excluding hydrogens is 402 g/mol. The third-order valence-electron chi connectivity index (χ3n) is 5.24. The number of carbonyl (C=O) groups excluding carboxylic acids is 1. The Morgan fingerprint density at radius 2 is 1.97 bits per heavy atom. The van der Waals surface area contributed by atoms with Crippen LogP contribution < -0.4 is 10.2 Å². The molecule has 0 aliphatic carbocycles. The number of amides is 1. The van der Waals surface area contributed by atoms with Gasteiger partial charge in [0, 0.05) is 11.6 Å². The summed E-state index contributed by atoms with van der Waals surface area (Å²) in [5.41, 5.74) is 2.02. The van der Waals surface area contributed by atoms with E-state index in [1.54, 1.807) is 23.1 Å². The Hall–Kier alpha value is -3.05. The lowest BCUT2D eigenvalue weighted by molar-refractivity contribution is 0.0748. The van der Waals surface area contributed by atoms with Crippen LogP contribution in [0.4, 0.5) is 0 Å². The van der Waals surface area contributed by atoms with Gasteiger partial charge in [0.2, 0.25) is 5.76 Å². The maximum atomic E-state index is 13.4. The number of carbonyl (C=O) groups is 1. The van der Waals surface area contributed by atoms with Crippen LogP contribution in [0, 0.1) is 6.92 Å². The minimum atomic E-state index is -0.563. The summed E-state index contributed by atoms with van der Waals surface area (Å²) in [4.78, 5) is 28.1. The number of hydrogen-bond acceptors (Lipinski definition) is 4. The molecule has 2 aromatic carbocycles. The molecule has 1 atom stereocenters. The minimum absolute atomic E-state index is 0.0763. The molecule has 154 valence electrons. The SMILES string of the molecule is C=CCN1C(=O)c2oc3cc(C)c(Cl)cc3c(=O)c2C1c1ccc(OCCC)cc1. The number of rotatable bonds is 6. The Balaban J connectivity index is 1.89. The Kier molecular flexibility index (Phi) is 5.39. The third-order valence-corrected chi connectivity index (χ3v) is 5.65. The van der Waals surface area contributed by atoms with Crippen LogP contribution in [0.2, 0.25) is 5.02 Å². The molecule has 1 aliphatic heterocycles. The van der Waals surface area contributed by atoms with Gasteiger partial charge in [-0.05, 0) is 48.7 Å². The van der Waals surface area contributed by atoms with Crippen molar-refractivity contribution in [2.24, 2.45) is 0 Å². The van der Waals surface area contributed by atoms with E-state index in [0.717, 1.165) is 23.3 Å². The van der Waals surface area contributed by atoms with Crippen LogP contribution >= 0.6 is 11.6 Å².